The lowest BCUT2D eigenvalue weighted by Gasteiger charge is -2.14. The summed E-state index contributed by atoms with van der Waals surface area (Å²) in [5.74, 6) is -0.129. The van der Waals surface area contributed by atoms with Gasteiger partial charge in [0.1, 0.15) is 0 Å². The number of nitro groups is 1. The number of amides is 2. The molecule has 0 bridgehead atoms. The summed E-state index contributed by atoms with van der Waals surface area (Å²) in [6.07, 6.45) is 1.40. The van der Waals surface area contributed by atoms with E-state index in [1.807, 2.05) is 54.6 Å². The number of nitrogens with zero attached hydrogens (tertiary/aromatic N) is 2. The molecule has 0 heterocycles. The van der Waals surface area contributed by atoms with Crippen LogP contribution in [0.1, 0.15) is 27.0 Å². The Kier molecular flexibility index (Phi) is 8.95. The third kappa shape index (κ3) is 7.01. The van der Waals surface area contributed by atoms with Crippen LogP contribution >= 0.6 is 22.6 Å². The normalized spacial score (nSPS) is 10.7. The average molecular weight is 602 g/mol. The van der Waals surface area contributed by atoms with Gasteiger partial charge in [-0.1, -0.05) is 12.1 Å². The Hall–Kier alpha value is -4.00. The number of halogens is 1. The number of aryl methyl sites for hydroxylation is 2. The van der Waals surface area contributed by atoms with Crippen molar-refractivity contribution in [1.82, 2.24) is 5.43 Å². The third-order valence-electron chi connectivity index (χ3n) is 5.09. The lowest BCUT2D eigenvalue weighted by atomic mass is 10.1. The van der Waals surface area contributed by atoms with Crippen molar-refractivity contribution in [3.05, 3.63) is 90.5 Å². The van der Waals surface area contributed by atoms with Gasteiger partial charge in [-0.25, -0.2) is 5.43 Å². The lowest BCUT2D eigenvalue weighted by molar-refractivity contribution is -0.384. The summed E-state index contributed by atoms with van der Waals surface area (Å²) < 4.78 is 11.8. The van der Waals surface area contributed by atoms with Crippen molar-refractivity contribution in [3.8, 4) is 11.5 Å². The van der Waals surface area contributed by atoms with Crippen molar-refractivity contribution in [2.45, 2.75) is 13.8 Å². The van der Waals surface area contributed by atoms with E-state index in [-0.39, 0.29) is 23.8 Å². The predicted octanol–water partition coefficient (Wildman–Crippen LogP) is 4.61. The highest BCUT2D eigenvalue weighted by Gasteiger charge is 2.14. The van der Waals surface area contributed by atoms with E-state index in [0.717, 1.165) is 11.1 Å². The van der Waals surface area contributed by atoms with E-state index in [1.54, 1.807) is 12.1 Å². The SMILES string of the molecule is COc1cc(/C=N/NC(=O)c2cccc([N+](=O)[O-])c2)cc(I)c1OCC(=O)Nc1ccc(C)c(C)c1. The molecule has 0 saturated carbocycles. The van der Waals surface area contributed by atoms with E-state index in [0.29, 0.717) is 26.3 Å². The van der Waals surface area contributed by atoms with Gasteiger partial charge in [0.2, 0.25) is 0 Å². The van der Waals surface area contributed by atoms with Crippen LogP contribution in [0.2, 0.25) is 0 Å². The zero-order valence-electron chi connectivity index (χ0n) is 19.7. The molecule has 3 aromatic rings. The topological polar surface area (TPSA) is 132 Å². The Morgan fingerprint density at radius 3 is 2.58 bits per heavy atom. The fraction of sp³-hybridized carbons (Fsp3) is 0.160. The standard InChI is InChI=1S/C25H23IN4O6/c1-15-7-8-19(9-16(15)2)28-23(31)14-36-24-21(26)10-17(11-22(24)35-3)13-27-29-25(32)18-5-4-6-20(12-18)30(33)34/h4-13H,14H2,1-3H3,(H,28,31)(H,29,32)/b27-13+. The predicted molar refractivity (Wildman–Crippen MR) is 144 cm³/mol. The number of nitrogens with one attached hydrogen (secondary N) is 2. The van der Waals surface area contributed by atoms with Gasteiger partial charge in [-0.3, -0.25) is 19.7 Å². The second-order valence-electron chi connectivity index (χ2n) is 7.68. The Balaban J connectivity index is 1.64. The Bertz CT molecular complexity index is 1340. The highest BCUT2D eigenvalue weighted by atomic mass is 127. The molecule has 0 radical (unpaired) electrons. The summed E-state index contributed by atoms with van der Waals surface area (Å²) in [6, 6.07) is 14.4. The van der Waals surface area contributed by atoms with Crippen LogP contribution in [0.15, 0.2) is 59.7 Å². The largest absolute Gasteiger partial charge is 0.493 e. The molecular formula is C25H23IN4O6. The van der Waals surface area contributed by atoms with E-state index < -0.39 is 10.8 Å². The zero-order chi connectivity index (χ0) is 26.2. The van der Waals surface area contributed by atoms with Crippen molar-refractivity contribution in [1.29, 1.82) is 0 Å². The van der Waals surface area contributed by atoms with Gasteiger partial charge in [0.05, 0.1) is 21.8 Å². The Morgan fingerprint density at radius 2 is 1.89 bits per heavy atom. The average Bonchev–Trinajstić information content (AvgIpc) is 2.85. The molecule has 186 valence electrons. The van der Waals surface area contributed by atoms with Gasteiger partial charge in [0, 0.05) is 23.4 Å². The van der Waals surface area contributed by atoms with Crippen molar-refractivity contribution in [2.24, 2.45) is 5.10 Å². The number of hydrazone groups is 1. The van der Waals surface area contributed by atoms with E-state index >= 15 is 0 Å². The van der Waals surface area contributed by atoms with E-state index in [9.17, 15) is 19.7 Å². The number of carbonyl (C=O) groups excluding carboxylic acids is 2. The van der Waals surface area contributed by atoms with Crippen molar-refractivity contribution in [3.63, 3.8) is 0 Å². The van der Waals surface area contributed by atoms with Crippen LogP contribution < -0.4 is 20.2 Å². The second kappa shape index (κ2) is 12.1. The summed E-state index contributed by atoms with van der Waals surface area (Å²) in [7, 11) is 1.47. The van der Waals surface area contributed by atoms with Crippen molar-refractivity contribution in [2.75, 3.05) is 19.0 Å². The molecule has 0 saturated heterocycles. The molecule has 10 nitrogen and oxygen atoms in total. The molecule has 2 amide bonds. The minimum atomic E-state index is -0.591. The molecule has 0 aliphatic heterocycles. The number of rotatable bonds is 9. The molecule has 0 atom stereocenters. The number of hydrogen-bond donors (Lipinski definition) is 2. The molecular weight excluding hydrogens is 579 g/mol. The Morgan fingerprint density at radius 1 is 1.11 bits per heavy atom. The second-order valence-corrected chi connectivity index (χ2v) is 8.84. The van der Waals surface area contributed by atoms with Crippen LogP contribution in [0.3, 0.4) is 0 Å². The molecule has 0 unspecified atom stereocenters. The number of benzene rings is 3. The van der Waals surface area contributed by atoms with Gasteiger partial charge in [-0.05, 0) is 83.5 Å². The molecule has 0 spiro atoms. The molecule has 2 N–H and O–H groups in total. The first-order valence-electron chi connectivity index (χ1n) is 10.6. The van der Waals surface area contributed by atoms with E-state index in [4.69, 9.17) is 9.47 Å². The first-order chi connectivity index (χ1) is 17.2. The summed E-state index contributed by atoms with van der Waals surface area (Å²) in [5, 5.41) is 17.6. The van der Waals surface area contributed by atoms with Crippen LogP contribution in [0.4, 0.5) is 11.4 Å². The molecule has 0 aromatic heterocycles. The molecule has 3 rings (SSSR count). The van der Waals surface area contributed by atoms with Crippen LogP contribution in [0.25, 0.3) is 0 Å². The first-order valence-corrected chi connectivity index (χ1v) is 11.7. The highest BCUT2D eigenvalue weighted by Crippen LogP contribution is 2.33. The summed E-state index contributed by atoms with van der Waals surface area (Å²) in [4.78, 5) is 34.9. The molecule has 0 aliphatic rings. The number of carbonyl (C=O) groups is 2. The third-order valence-corrected chi connectivity index (χ3v) is 5.89. The summed E-state index contributed by atoms with van der Waals surface area (Å²) in [5.41, 5.74) is 5.75. The van der Waals surface area contributed by atoms with Crippen molar-refractivity contribution < 1.29 is 24.0 Å². The fourth-order valence-electron chi connectivity index (χ4n) is 3.10. The number of ether oxygens (including phenoxy) is 2. The highest BCUT2D eigenvalue weighted by molar-refractivity contribution is 14.1. The lowest BCUT2D eigenvalue weighted by Crippen LogP contribution is -2.20. The van der Waals surface area contributed by atoms with Gasteiger partial charge in [-0.2, -0.15) is 5.10 Å². The van der Waals surface area contributed by atoms with E-state index in [1.165, 1.54) is 37.6 Å². The van der Waals surface area contributed by atoms with Crippen LogP contribution in [-0.2, 0) is 4.79 Å². The molecule has 11 heteroatoms. The molecule has 36 heavy (non-hydrogen) atoms. The van der Waals surface area contributed by atoms with Gasteiger partial charge in [-0.15, -0.1) is 0 Å². The number of hydrogen-bond acceptors (Lipinski definition) is 7. The maximum absolute atomic E-state index is 12.4. The van der Waals surface area contributed by atoms with E-state index in [2.05, 4.69) is 15.8 Å². The van der Waals surface area contributed by atoms with Gasteiger partial charge in [0.25, 0.3) is 17.5 Å². The fourth-order valence-corrected chi connectivity index (χ4v) is 3.88. The number of nitro benzene ring substituents is 1. The minimum Gasteiger partial charge on any atom is -0.493 e. The maximum atomic E-state index is 12.4. The first kappa shape index (κ1) is 26.6. The monoisotopic (exact) mass is 602 g/mol. The minimum absolute atomic E-state index is 0.108. The van der Waals surface area contributed by atoms with Gasteiger partial charge < -0.3 is 14.8 Å². The number of non-ortho nitro benzene ring substituents is 1. The maximum Gasteiger partial charge on any atom is 0.271 e. The quantitative estimate of drug-likeness (QED) is 0.159. The van der Waals surface area contributed by atoms with Gasteiger partial charge in [0.15, 0.2) is 18.1 Å². The van der Waals surface area contributed by atoms with Crippen LogP contribution in [0, 0.1) is 27.5 Å². The van der Waals surface area contributed by atoms with Crippen LogP contribution in [-0.4, -0.2) is 36.7 Å². The molecule has 3 aromatic carbocycles. The summed E-state index contributed by atoms with van der Waals surface area (Å²) >= 11 is 2.05. The van der Waals surface area contributed by atoms with Gasteiger partial charge >= 0.3 is 0 Å². The van der Waals surface area contributed by atoms with Crippen LogP contribution in [0.5, 0.6) is 11.5 Å². The smallest absolute Gasteiger partial charge is 0.271 e. The number of methoxy groups -OCH3 is 1. The number of anilines is 1. The van der Waals surface area contributed by atoms with Crippen molar-refractivity contribution >= 4 is 52.0 Å². The summed E-state index contributed by atoms with van der Waals surface area (Å²) in [6.45, 7) is 3.75. The Labute approximate surface area is 221 Å². The molecule has 0 aliphatic carbocycles. The molecule has 0 fully saturated rings. The zero-order valence-corrected chi connectivity index (χ0v) is 21.9.